The van der Waals surface area contributed by atoms with E-state index in [9.17, 15) is 4.39 Å². The molecule has 0 aliphatic carbocycles. The highest BCUT2D eigenvalue weighted by molar-refractivity contribution is 9.10. The van der Waals surface area contributed by atoms with Crippen LogP contribution in [0.4, 0.5) is 4.39 Å². The number of hydrogen-bond acceptors (Lipinski definition) is 1. The van der Waals surface area contributed by atoms with Crippen molar-refractivity contribution in [3.05, 3.63) is 69.4 Å². The highest BCUT2D eigenvalue weighted by atomic mass is 79.9. The molecule has 2 rings (SSSR count). The van der Waals surface area contributed by atoms with E-state index in [1.54, 1.807) is 6.07 Å². The van der Waals surface area contributed by atoms with E-state index in [-0.39, 0.29) is 5.82 Å². The molecular weight excluding hydrogens is 305 g/mol. The summed E-state index contributed by atoms with van der Waals surface area (Å²) >= 11 is 3.38. The molecule has 0 aliphatic heterocycles. The van der Waals surface area contributed by atoms with E-state index in [4.69, 9.17) is 0 Å². The van der Waals surface area contributed by atoms with Gasteiger partial charge in [-0.2, -0.15) is 0 Å². The molecule has 0 unspecified atom stereocenters. The predicted octanol–water partition coefficient (Wildman–Crippen LogP) is 4.23. The molecule has 0 amide bonds. The zero-order valence-corrected chi connectivity index (χ0v) is 12.5. The van der Waals surface area contributed by atoms with Crippen LogP contribution in [0.1, 0.15) is 16.7 Å². The highest BCUT2D eigenvalue weighted by Crippen LogP contribution is 2.17. The van der Waals surface area contributed by atoms with Crippen LogP contribution in [-0.4, -0.2) is 6.54 Å². The van der Waals surface area contributed by atoms with Crippen LogP contribution in [0.3, 0.4) is 0 Å². The average molecular weight is 322 g/mol. The first kappa shape index (κ1) is 14.2. The molecule has 0 radical (unpaired) electrons. The number of nitrogens with one attached hydrogen (secondary N) is 1. The fourth-order valence-electron chi connectivity index (χ4n) is 2.00. The van der Waals surface area contributed by atoms with Crippen LogP contribution in [-0.2, 0) is 13.0 Å². The van der Waals surface area contributed by atoms with Crippen molar-refractivity contribution in [3.8, 4) is 0 Å². The Hall–Kier alpha value is -1.19. The van der Waals surface area contributed by atoms with Gasteiger partial charge < -0.3 is 5.32 Å². The summed E-state index contributed by atoms with van der Waals surface area (Å²) in [6, 6.07) is 13.2. The molecule has 0 atom stereocenters. The smallest absolute Gasteiger partial charge is 0.124 e. The lowest BCUT2D eigenvalue weighted by Crippen LogP contribution is -2.17. The summed E-state index contributed by atoms with van der Waals surface area (Å²) in [6.45, 7) is 3.79. The monoisotopic (exact) mass is 321 g/mol. The van der Waals surface area contributed by atoms with Crippen LogP contribution in [0.15, 0.2) is 46.9 Å². The fourth-order valence-corrected chi connectivity index (χ4v) is 2.49. The third-order valence-electron chi connectivity index (χ3n) is 3.16. The van der Waals surface area contributed by atoms with Crippen LogP contribution in [0.25, 0.3) is 0 Å². The fraction of sp³-hybridized carbons (Fsp3) is 0.250. The largest absolute Gasteiger partial charge is 0.312 e. The Balaban J connectivity index is 1.83. The van der Waals surface area contributed by atoms with Crippen molar-refractivity contribution >= 4 is 15.9 Å². The predicted molar refractivity (Wildman–Crippen MR) is 80.7 cm³/mol. The molecular formula is C16H17BrFN. The van der Waals surface area contributed by atoms with E-state index in [2.05, 4.69) is 52.4 Å². The zero-order valence-electron chi connectivity index (χ0n) is 10.9. The SMILES string of the molecule is Cc1ccccc1CCNCc1ccc(F)cc1Br. The Morgan fingerprint density at radius 2 is 1.89 bits per heavy atom. The van der Waals surface area contributed by atoms with Gasteiger partial charge in [-0.15, -0.1) is 0 Å². The molecule has 100 valence electrons. The second kappa shape index (κ2) is 6.83. The molecule has 0 heterocycles. The van der Waals surface area contributed by atoms with Crippen molar-refractivity contribution in [2.45, 2.75) is 19.9 Å². The summed E-state index contributed by atoms with van der Waals surface area (Å²) in [7, 11) is 0. The Morgan fingerprint density at radius 3 is 2.63 bits per heavy atom. The summed E-state index contributed by atoms with van der Waals surface area (Å²) in [5.74, 6) is -0.212. The van der Waals surface area contributed by atoms with Crippen LogP contribution < -0.4 is 5.32 Å². The van der Waals surface area contributed by atoms with Crippen molar-refractivity contribution in [1.82, 2.24) is 5.32 Å². The van der Waals surface area contributed by atoms with Gasteiger partial charge in [-0.25, -0.2) is 4.39 Å². The Bertz CT molecular complexity index is 554. The van der Waals surface area contributed by atoms with E-state index in [0.29, 0.717) is 0 Å². The van der Waals surface area contributed by atoms with Gasteiger partial charge in [0.15, 0.2) is 0 Å². The van der Waals surface area contributed by atoms with Crippen molar-refractivity contribution in [2.75, 3.05) is 6.54 Å². The lowest BCUT2D eigenvalue weighted by Gasteiger charge is -2.08. The van der Waals surface area contributed by atoms with Crippen molar-refractivity contribution in [1.29, 1.82) is 0 Å². The molecule has 2 aromatic carbocycles. The lowest BCUT2D eigenvalue weighted by atomic mass is 10.1. The minimum Gasteiger partial charge on any atom is -0.312 e. The molecule has 1 nitrogen and oxygen atoms in total. The van der Waals surface area contributed by atoms with Crippen LogP contribution in [0.2, 0.25) is 0 Å². The van der Waals surface area contributed by atoms with Crippen molar-refractivity contribution in [2.24, 2.45) is 0 Å². The van der Waals surface area contributed by atoms with E-state index < -0.39 is 0 Å². The standard InChI is InChI=1S/C16H17BrFN/c1-12-4-2-3-5-13(12)8-9-19-11-14-6-7-15(18)10-16(14)17/h2-7,10,19H,8-9,11H2,1H3. The molecule has 0 aliphatic rings. The van der Waals surface area contributed by atoms with Crippen molar-refractivity contribution in [3.63, 3.8) is 0 Å². The van der Waals surface area contributed by atoms with E-state index in [1.807, 2.05) is 0 Å². The summed E-state index contributed by atoms with van der Waals surface area (Å²) in [4.78, 5) is 0. The Kier molecular flexibility index (Phi) is 5.11. The summed E-state index contributed by atoms with van der Waals surface area (Å²) in [5.41, 5.74) is 3.77. The third-order valence-corrected chi connectivity index (χ3v) is 3.90. The van der Waals surface area contributed by atoms with Crippen LogP contribution in [0.5, 0.6) is 0 Å². The number of benzene rings is 2. The quantitative estimate of drug-likeness (QED) is 0.813. The lowest BCUT2D eigenvalue weighted by molar-refractivity contribution is 0.623. The van der Waals surface area contributed by atoms with Crippen molar-refractivity contribution < 1.29 is 4.39 Å². The number of halogens is 2. The van der Waals surface area contributed by atoms with E-state index >= 15 is 0 Å². The molecule has 0 bridgehead atoms. The van der Waals surface area contributed by atoms with Crippen LogP contribution >= 0.6 is 15.9 Å². The summed E-state index contributed by atoms with van der Waals surface area (Å²) < 4.78 is 13.8. The minimum absolute atomic E-state index is 0.212. The molecule has 0 saturated heterocycles. The van der Waals surface area contributed by atoms with Gasteiger partial charge in [0.25, 0.3) is 0 Å². The van der Waals surface area contributed by atoms with Gasteiger partial charge in [-0.05, 0) is 48.7 Å². The number of aryl methyl sites for hydroxylation is 1. The molecule has 0 aromatic heterocycles. The second-order valence-electron chi connectivity index (χ2n) is 4.59. The Labute approximate surface area is 122 Å². The minimum atomic E-state index is -0.212. The first-order valence-corrected chi connectivity index (χ1v) is 7.15. The molecule has 19 heavy (non-hydrogen) atoms. The maximum absolute atomic E-state index is 13.0. The summed E-state index contributed by atoms with van der Waals surface area (Å²) in [5, 5.41) is 3.39. The number of hydrogen-bond donors (Lipinski definition) is 1. The van der Waals surface area contributed by atoms with Gasteiger partial charge in [0.05, 0.1) is 0 Å². The van der Waals surface area contributed by atoms with Gasteiger partial charge >= 0.3 is 0 Å². The first-order valence-electron chi connectivity index (χ1n) is 6.36. The molecule has 1 N–H and O–H groups in total. The van der Waals surface area contributed by atoms with Gasteiger partial charge in [0, 0.05) is 11.0 Å². The van der Waals surface area contributed by atoms with Gasteiger partial charge in [0.2, 0.25) is 0 Å². The number of rotatable bonds is 5. The maximum atomic E-state index is 13.0. The maximum Gasteiger partial charge on any atom is 0.124 e. The average Bonchev–Trinajstić information content (AvgIpc) is 2.38. The topological polar surface area (TPSA) is 12.0 Å². The Morgan fingerprint density at radius 1 is 1.11 bits per heavy atom. The molecule has 2 aromatic rings. The zero-order chi connectivity index (χ0) is 13.7. The first-order chi connectivity index (χ1) is 9.16. The van der Waals surface area contributed by atoms with Gasteiger partial charge in [0.1, 0.15) is 5.82 Å². The van der Waals surface area contributed by atoms with Gasteiger partial charge in [-0.3, -0.25) is 0 Å². The normalized spacial score (nSPS) is 10.7. The molecule has 0 spiro atoms. The second-order valence-corrected chi connectivity index (χ2v) is 5.44. The highest BCUT2D eigenvalue weighted by Gasteiger charge is 2.01. The molecule has 0 saturated carbocycles. The third kappa shape index (κ3) is 4.15. The molecule has 0 fully saturated rings. The molecule has 3 heteroatoms. The van der Waals surface area contributed by atoms with E-state index in [0.717, 1.165) is 29.5 Å². The van der Waals surface area contributed by atoms with Crippen LogP contribution in [0, 0.1) is 12.7 Å². The van der Waals surface area contributed by atoms with Gasteiger partial charge in [-0.1, -0.05) is 46.3 Å². The van der Waals surface area contributed by atoms with E-state index in [1.165, 1.54) is 23.3 Å². The summed E-state index contributed by atoms with van der Waals surface area (Å²) in [6.07, 6.45) is 1.01.